The third kappa shape index (κ3) is 2.44. The van der Waals surface area contributed by atoms with E-state index in [0.717, 1.165) is 18.4 Å². The fourth-order valence-electron chi connectivity index (χ4n) is 1.58. The fourth-order valence-corrected chi connectivity index (χ4v) is 1.58. The van der Waals surface area contributed by atoms with Crippen molar-refractivity contribution in [3.05, 3.63) is 23.5 Å². The van der Waals surface area contributed by atoms with Crippen molar-refractivity contribution in [1.82, 2.24) is 5.32 Å². The summed E-state index contributed by atoms with van der Waals surface area (Å²) in [5, 5.41) is 2.99. The van der Waals surface area contributed by atoms with E-state index < -0.39 is 0 Å². The van der Waals surface area contributed by atoms with Crippen LogP contribution in [-0.4, -0.2) is 20.3 Å². The SMILES string of the molecule is CNCc1cc(F)cc(OC)c1OC1CC1. The first kappa shape index (κ1) is 11.2. The molecule has 0 radical (unpaired) electrons. The second kappa shape index (κ2) is 4.70. The smallest absolute Gasteiger partial charge is 0.166 e. The van der Waals surface area contributed by atoms with E-state index in [-0.39, 0.29) is 11.9 Å². The largest absolute Gasteiger partial charge is 0.493 e. The number of rotatable bonds is 5. The van der Waals surface area contributed by atoms with Crippen LogP contribution in [0.25, 0.3) is 0 Å². The molecule has 0 atom stereocenters. The summed E-state index contributed by atoms with van der Waals surface area (Å²) in [5.41, 5.74) is 0.797. The summed E-state index contributed by atoms with van der Waals surface area (Å²) in [5.74, 6) is 0.836. The van der Waals surface area contributed by atoms with Crippen molar-refractivity contribution in [3.63, 3.8) is 0 Å². The quantitative estimate of drug-likeness (QED) is 0.832. The van der Waals surface area contributed by atoms with Gasteiger partial charge >= 0.3 is 0 Å². The number of methoxy groups -OCH3 is 1. The van der Waals surface area contributed by atoms with Gasteiger partial charge in [-0.15, -0.1) is 0 Å². The van der Waals surface area contributed by atoms with Gasteiger partial charge in [-0.2, -0.15) is 0 Å². The molecular weight excluding hydrogens is 209 g/mol. The van der Waals surface area contributed by atoms with Crippen LogP contribution in [0.2, 0.25) is 0 Å². The van der Waals surface area contributed by atoms with E-state index in [0.29, 0.717) is 18.0 Å². The Labute approximate surface area is 94.6 Å². The lowest BCUT2D eigenvalue weighted by Crippen LogP contribution is -2.10. The predicted octanol–water partition coefficient (Wildman–Crippen LogP) is 2.09. The minimum Gasteiger partial charge on any atom is -0.493 e. The highest BCUT2D eigenvalue weighted by Crippen LogP contribution is 2.37. The molecule has 0 spiro atoms. The van der Waals surface area contributed by atoms with E-state index in [1.165, 1.54) is 19.2 Å². The molecule has 0 unspecified atom stereocenters. The van der Waals surface area contributed by atoms with Gasteiger partial charge < -0.3 is 14.8 Å². The molecule has 0 saturated heterocycles. The first-order valence-electron chi connectivity index (χ1n) is 5.42. The van der Waals surface area contributed by atoms with E-state index in [1.54, 1.807) is 0 Å². The van der Waals surface area contributed by atoms with Crippen molar-refractivity contribution in [2.24, 2.45) is 0 Å². The van der Waals surface area contributed by atoms with Gasteiger partial charge in [-0.3, -0.25) is 0 Å². The minimum atomic E-state index is -0.301. The molecule has 1 aromatic rings. The number of ether oxygens (including phenoxy) is 2. The molecule has 0 amide bonds. The number of halogens is 1. The number of nitrogens with one attached hydrogen (secondary N) is 1. The topological polar surface area (TPSA) is 30.5 Å². The summed E-state index contributed by atoms with van der Waals surface area (Å²) >= 11 is 0. The van der Waals surface area contributed by atoms with Crippen LogP contribution in [0, 0.1) is 5.82 Å². The van der Waals surface area contributed by atoms with Gasteiger partial charge in [0.2, 0.25) is 0 Å². The maximum absolute atomic E-state index is 13.3. The molecule has 4 heteroatoms. The van der Waals surface area contributed by atoms with Gasteiger partial charge in [-0.05, 0) is 26.0 Å². The Morgan fingerprint density at radius 3 is 2.75 bits per heavy atom. The van der Waals surface area contributed by atoms with Crippen molar-refractivity contribution < 1.29 is 13.9 Å². The van der Waals surface area contributed by atoms with Gasteiger partial charge in [-0.25, -0.2) is 4.39 Å². The molecule has 1 aliphatic carbocycles. The zero-order chi connectivity index (χ0) is 11.5. The number of hydrogen-bond donors (Lipinski definition) is 1. The van der Waals surface area contributed by atoms with Crippen LogP contribution in [0.3, 0.4) is 0 Å². The molecule has 1 N–H and O–H groups in total. The molecule has 1 aliphatic rings. The van der Waals surface area contributed by atoms with Crippen LogP contribution >= 0.6 is 0 Å². The van der Waals surface area contributed by atoms with E-state index in [1.807, 2.05) is 7.05 Å². The Morgan fingerprint density at radius 1 is 1.44 bits per heavy atom. The van der Waals surface area contributed by atoms with E-state index in [9.17, 15) is 4.39 Å². The van der Waals surface area contributed by atoms with E-state index >= 15 is 0 Å². The molecule has 0 aliphatic heterocycles. The molecule has 2 rings (SSSR count). The highest BCUT2D eigenvalue weighted by Gasteiger charge is 2.26. The van der Waals surface area contributed by atoms with Crippen LogP contribution in [0.15, 0.2) is 12.1 Å². The fraction of sp³-hybridized carbons (Fsp3) is 0.500. The summed E-state index contributed by atoms with van der Waals surface area (Å²) in [7, 11) is 3.34. The maximum atomic E-state index is 13.3. The molecule has 1 aromatic carbocycles. The lowest BCUT2D eigenvalue weighted by molar-refractivity contribution is 0.277. The normalized spacial score (nSPS) is 14.9. The van der Waals surface area contributed by atoms with E-state index in [2.05, 4.69) is 5.32 Å². The standard InChI is InChI=1S/C12H16FNO2/c1-14-7-8-5-9(13)6-11(15-2)12(8)16-10-3-4-10/h5-6,10,14H,3-4,7H2,1-2H3. The number of hydrogen-bond acceptors (Lipinski definition) is 3. The molecule has 1 saturated carbocycles. The predicted molar refractivity (Wildman–Crippen MR) is 59.4 cm³/mol. The molecule has 0 aromatic heterocycles. The maximum Gasteiger partial charge on any atom is 0.166 e. The van der Waals surface area contributed by atoms with Gasteiger partial charge in [0.15, 0.2) is 11.5 Å². The molecule has 3 nitrogen and oxygen atoms in total. The molecule has 0 bridgehead atoms. The second-order valence-electron chi connectivity index (χ2n) is 3.94. The van der Waals surface area contributed by atoms with Gasteiger partial charge in [0, 0.05) is 18.2 Å². The average Bonchev–Trinajstić information content (AvgIpc) is 3.05. The molecular formula is C12H16FNO2. The Hall–Kier alpha value is -1.29. The highest BCUT2D eigenvalue weighted by atomic mass is 19.1. The molecule has 1 fully saturated rings. The Bertz CT molecular complexity index is 378. The van der Waals surface area contributed by atoms with Crippen LogP contribution in [0.4, 0.5) is 4.39 Å². The van der Waals surface area contributed by atoms with Crippen LogP contribution in [0.5, 0.6) is 11.5 Å². The summed E-state index contributed by atoms with van der Waals surface area (Å²) in [6.45, 7) is 0.566. The van der Waals surface area contributed by atoms with Gasteiger partial charge in [0.1, 0.15) is 5.82 Å². The summed E-state index contributed by atoms with van der Waals surface area (Å²) in [6.07, 6.45) is 2.41. The summed E-state index contributed by atoms with van der Waals surface area (Å²) < 4.78 is 24.2. The Morgan fingerprint density at radius 2 is 2.19 bits per heavy atom. The van der Waals surface area contributed by atoms with Crippen molar-refractivity contribution in [1.29, 1.82) is 0 Å². The zero-order valence-corrected chi connectivity index (χ0v) is 9.55. The first-order valence-corrected chi connectivity index (χ1v) is 5.42. The highest BCUT2D eigenvalue weighted by molar-refractivity contribution is 5.47. The van der Waals surface area contributed by atoms with Crippen LogP contribution in [0.1, 0.15) is 18.4 Å². The monoisotopic (exact) mass is 225 g/mol. The first-order chi connectivity index (χ1) is 7.74. The summed E-state index contributed by atoms with van der Waals surface area (Å²) in [6, 6.07) is 2.84. The second-order valence-corrected chi connectivity index (χ2v) is 3.94. The van der Waals surface area contributed by atoms with Crippen molar-refractivity contribution >= 4 is 0 Å². The zero-order valence-electron chi connectivity index (χ0n) is 9.55. The third-order valence-electron chi connectivity index (χ3n) is 2.49. The molecule has 0 heterocycles. The lowest BCUT2D eigenvalue weighted by atomic mass is 10.1. The molecule has 88 valence electrons. The minimum absolute atomic E-state index is 0.273. The third-order valence-corrected chi connectivity index (χ3v) is 2.49. The van der Waals surface area contributed by atoms with Gasteiger partial charge in [0.05, 0.1) is 13.2 Å². The van der Waals surface area contributed by atoms with Crippen molar-refractivity contribution in [3.8, 4) is 11.5 Å². The Balaban J connectivity index is 2.33. The number of benzene rings is 1. The summed E-state index contributed by atoms with van der Waals surface area (Å²) in [4.78, 5) is 0. The Kier molecular flexibility index (Phi) is 3.29. The van der Waals surface area contributed by atoms with Crippen LogP contribution < -0.4 is 14.8 Å². The van der Waals surface area contributed by atoms with E-state index in [4.69, 9.17) is 9.47 Å². The van der Waals surface area contributed by atoms with Gasteiger partial charge in [-0.1, -0.05) is 0 Å². The van der Waals surface area contributed by atoms with Crippen molar-refractivity contribution in [2.45, 2.75) is 25.5 Å². The lowest BCUT2D eigenvalue weighted by Gasteiger charge is -2.14. The van der Waals surface area contributed by atoms with Crippen LogP contribution in [-0.2, 0) is 6.54 Å². The van der Waals surface area contributed by atoms with Crippen molar-refractivity contribution in [2.75, 3.05) is 14.2 Å². The molecule has 16 heavy (non-hydrogen) atoms. The average molecular weight is 225 g/mol. The van der Waals surface area contributed by atoms with Gasteiger partial charge in [0.25, 0.3) is 0 Å².